The van der Waals surface area contributed by atoms with Crippen LogP contribution in [0.1, 0.15) is 128 Å². The molecule has 10 heteroatoms. The zero-order valence-corrected chi connectivity index (χ0v) is 38.2. The number of rotatable bonds is 0. The fraction of sp³-hybridized carbons (Fsp3) is 0.417. The Bertz CT molecular complexity index is 2310. The lowest BCUT2D eigenvalue weighted by Crippen LogP contribution is -2.11. The fourth-order valence-corrected chi connectivity index (χ4v) is 7.37. The Hall–Kier alpha value is -4.66. The second-order valence-electron chi connectivity index (χ2n) is 19.7. The van der Waals surface area contributed by atoms with E-state index in [4.69, 9.17) is 23.2 Å². The molecule has 8 nitrogen and oxygen atoms in total. The number of H-pyrrole nitrogens is 2. The van der Waals surface area contributed by atoms with E-state index in [0.717, 1.165) is 43.9 Å². The molecule has 0 radical (unpaired) electrons. The Labute approximate surface area is 354 Å². The van der Waals surface area contributed by atoms with Crippen LogP contribution in [0.4, 0.5) is 11.4 Å². The highest BCUT2D eigenvalue weighted by molar-refractivity contribution is 6.35. The Kier molecular flexibility index (Phi) is 12.7. The molecule has 0 unspecified atom stereocenters. The summed E-state index contributed by atoms with van der Waals surface area (Å²) >= 11 is 12.3. The number of carbonyl (C=O) groups is 2. The number of hydrogen-bond acceptors (Lipinski definition) is 4. The number of amides is 2. The van der Waals surface area contributed by atoms with Gasteiger partial charge in [-0.2, -0.15) is 10.2 Å². The zero-order valence-electron chi connectivity index (χ0n) is 36.7. The minimum atomic E-state index is 0.0259. The smallest absolute Gasteiger partial charge is 0.228 e. The van der Waals surface area contributed by atoms with Crippen LogP contribution < -0.4 is 10.6 Å². The van der Waals surface area contributed by atoms with Crippen LogP contribution in [0.5, 0.6) is 0 Å². The molecule has 58 heavy (non-hydrogen) atoms. The maximum absolute atomic E-state index is 11.3. The molecule has 2 amide bonds. The molecule has 0 bridgehead atoms. The minimum absolute atomic E-state index is 0.0259. The van der Waals surface area contributed by atoms with Crippen molar-refractivity contribution in [2.45, 2.75) is 131 Å². The number of carbonyl (C=O) groups excluding carboxylic acids is 2. The standard InChI is InChI=1S/C13H17NO.C12H14ClNO.C12H16N2.C11H13ClN2/c1-8-5-10(13(2,3)4)6-9-7-11(15)14-12(8)9;1-12(2,3)8-4-7-5-10(15)14-11(7)9(13)6-8;1-8-5-10(12(2,3)4)6-9-7-13-14-11(8)9;1-11(2,3)8-4-7-6-13-14-10(7)9(12)5-8/h5-6H,7H2,1-4H3,(H,14,15);4,6H,5H2,1-3H3,(H,14,15);5-7H,1-4H3,(H,13,14);4-6H,1-3H3,(H,13,14). The molecule has 0 saturated heterocycles. The molecular formula is C48H60Cl2N6O2. The summed E-state index contributed by atoms with van der Waals surface area (Å²) in [5.74, 6) is 0.136. The van der Waals surface area contributed by atoms with Crippen molar-refractivity contribution < 1.29 is 9.59 Å². The molecular weight excluding hydrogens is 763 g/mol. The minimum Gasteiger partial charge on any atom is -0.325 e. The van der Waals surface area contributed by atoms with Crippen LogP contribution >= 0.6 is 23.2 Å². The van der Waals surface area contributed by atoms with E-state index in [1.165, 1.54) is 38.8 Å². The van der Waals surface area contributed by atoms with Crippen LogP contribution in [0, 0.1) is 13.8 Å². The fourth-order valence-electron chi connectivity index (χ4n) is 6.82. The largest absolute Gasteiger partial charge is 0.325 e. The first kappa shape index (κ1) is 44.4. The number of aromatic amines is 2. The van der Waals surface area contributed by atoms with E-state index < -0.39 is 0 Å². The highest BCUT2D eigenvalue weighted by atomic mass is 35.5. The van der Waals surface area contributed by atoms with Crippen molar-refractivity contribution in [3.8, 4) is 0 Å². The molecule has 2 aromatic heterocycles. The summed E-state index contributed by atoms with van der Waals surface area (Å²) in [6, 6.07) is 16.9. The number of halogens is 2. The third-order valence-electron chi connectivity index (χ3n) is 10.5. The van der Waals surface area contributed by atoms with Crippen LogP contribution in [0.25, 0.3) is 21.8 Å². The van der Waals surface area contributed by atoms with Gasteiger partial charge in [-0.25, -0.2) is 0 Å². The summed E-state index contributed by atoms with van der Waals surface area (Å²) in [7, 11) is 0. The van der Waals surface area contributed by atoms with Gasteiger partial charge in [-0.3, -0.25) is 19.8 Å². The van der Waals surface area contributed by atoms with Crippen molar-refractivity contribution in [1.82, 2.24) is 20.4 Å². The number of fused-ring (bicyclic) bond motifs is 4. The maximum Gasteiger partial charge on any atom is 0.228 e. The summed E-state index contributed by atoms with van der Waals surface area (Å²) in [5.41, 5.74) is 14.1. The number of nitrogens with one attached hydrogen (secondary N) is 4. The Morgan fingerprint density at radius 1 is 0.483 bits per heavy atom. The van der Waals surface area contributed by atoms with Gasteiger partial charge in [0.1, 0.15) is 0 Å². The predicted molar refractivity (Wildman–Crippen MR) is 244 cm³/mol. The predicted octanol–water partition coefficient (Wildman–Crippen LogP) is 12.6. The number of aryl methyl sites for hydroxylation is 2. The zero-order chi connectivity index (χ0) is 43.1. The average molecular weight is 824 g/mol. The van der Waals surface area contributed by atoms with Gasteiger partial charge < -0.3 is 10.6 Å². The summed E-state index contributed by atoms with van der Waals surface area (Å²) < 4.78 is 0. The highest BCUT2D eigenvalue weighted by Gasteiger charge is 2.25. The Balaban J connectivity index is 0.000000147. The van der Waals surface area contributed by atoms with Gasteiger partial charge in [0.2, 0.25) is 11.8 Å². The van der Waals surface area contributed by atoms with Gasteiger partial charge in [0.05, 0.1) is 52.0 Å². The monoisotopic (exact) mass is 822 g/mol. The Morgan fingerprint density at radius 3 is 1.38 bits per heavy atom. The first-order chi connectivity index (χ1) is 26.7. The summed E-state index contributed by atoms with van der Waals surface area (Å²) in [5, 5.41) is 23.3. The van der Waals surface area contributed by atoms with Crippen molar-refractivity contribution in [2.75, 3.05) is 10.6 Å². The van der Waals surface area contributed by atoms with E-state index >= 15 is 0 Å². The number of aromatic nitrogens is 4. The first-order valence-corrected chi connectivity index (χ1v) is 20.6. The normalized spacial score (nSPS) is 13.7. The van der Waals surface area contributed by atoms with Crippen LogP contribution in [0.2, 0.25) is 10.0 Å². The van der Waals surface area contributed by atoms with E-state index in [1.54, 1.807) is 6.20 Å². The molecule has 308 valence electrons. The maximum atomic E-state index is 11.3. The third-order valence-corrected chi connectivity index (χ3v) is 11.1. The van der Waals surface area contributed by atoms with Gasteiger partial charge in [0.25, 0.3) is 0 Å². The topological polar surface area (TPSA) is 116 Å². The molecule has 2 aliphatic rings. The van der Waals surface area contributed by atoms with Crippen molar-refractivity contribution >= 4 is 68.2 Å². The average Bonchev–Trinajstić information content (AvgIpc) is 3.90. The van der Waals surface area contributed by atoms with Gasteiger partial charge in [0, 0.05) is 16.5 Å². The molecule has 0 atom stereocenters. The van der Waals surface area contributed by atoms with Crippen molar-refractivity contribution in [3.63, 3.8) is 0 Å². The molecule has 0 fully saturated rings. The lowest BCUT2D eigenvalue weighted by atomic mass is 9.84. The van der Waals surface area contributed by atoms with E-state index in [-0.39, 0.29) is 33.5 Å². The number of hydrogen-bond donors (Lipinski definition) is 4. The van der Waals surface area contributed by atoms with Gasteiger partial charge in [-0.1, -0.05) is 131 Å². The number of benzene rings is 4. The molecule has 8 rings (SSSR count). The van der Waals surface area contributed by atoms with E-state index in [2.05, 4.69) is 164 Å². The van der Waals surface area contributed by atoms with Crippen LogP contribution in [0.15, 0.2) is 60.9 Å². The second-order valence-corrected chi connectivity index (χ2v) is 20.5. The van der Waals surface area contributed by atoms with E-state index in [0.29, 0.717) is 17.9 Å². The van der Waals surface area contributed by atoms with Gasteiger partial charge in [-0.05, 0) is 104 Å². The lowest BCUT2D eigenvalue weighted by Gasteiger charge is -2.21. The molecule has 0 spiro atoms. The summed E-state index contributed by atoms with van der Waals surface area (Å²) in [6.45, 7) is 30.4. The molecule has 4 aromatic carbocycles. The number of nitrogens with zero attached hydrogens (tertiary/aromatic N) is 2. The quantitative estimate of drug-likeness (QED) is 0.122. The molecule has 0 saturated carbocycles. The summed E-state index contributed by atoms with van der Waals surface area (Å²) in [4.78, 5) is 22.5. The molecule has 2 aliphatic heterocycles. The van der Waals surface area contributed by atoms with Crippen LogP contribution in [0.3, 0.4) is 0 Å². The SMILES string of the molecule is CC(C)(C)c1cc(Cl)c2[nH]ncc2c1.CC(C)(C)c1cc(Cl)c2c(c1)CC(=O)N2.Cc1cc(C(C)(C)C)cc2c1NC(=O)C2.Cc1cc(C(C)(C)C)cc2cn[nH]c12. The number of anilines is 2. The van der Waals surface area contributed by atoms with Crippen molar-refractivity contribution in [1.29, 1.82) is 0 Å². The second kappa shape index (κ2) is 16.5. The van der Waals surface area contributed by atoms with Crippen molar-refractivity contribution in [2.24, 2.45) is 0 Å². The first-order valence-electron chi connectivity index (χ1n) is 19.9. The lowest BCUT2D eigenvalue weighted by molar-refractivity contribution is -0.115. The van der Waals surface area contributed by atoms with Gasteiger partial charge in [0.15, 0.2) is 0 Å². The van der Waals surface area contributed by atoms with E-state index in [9.17, 15) is 9.59 Å². The molecule has 6 aromatic rings. The third kappa shape index (κ3) is 10.5. The summed E-state index contributed by atoms with van der Waals surface area (Å²) in [6.07, 6.45) is 4.66. The van der Waals surface area contributed by atoms with E-state index in [1.807, 2.05) is 18.3 Å². The van der Waals surface area contributed by atoms with Crippen LogP contribution in [-0.2, 0) is 44.1 Å². The Morgan fingerprint density at radius 2 is 0.862 bits per heavy atom. The van der Waals surface area contributed by atoms with Gasteiger partial charge in [-0.15, -0.1) is 0 Å². The van der Waals surface area contributed by atoms with Crippen LogP contribution in [-0.4, -0.2) is 32.2 Å². The van der Waals surface area contributed by atoms with Crippen molar-refractivity contribution in [3.05, 3.63) is 115 Å². The highest BCUT2D eigenvalue weighted by Crippen LogP contribution is 2.37. The van der Waals surface area contributed by atoms with Gasteiger partial charge >= 0.3 is 0 Å². The molecule has 0 aliphatic carbocycles. The molecule has 4 N–H and O–H groups in total. The molecule has 4 heterocycles.